The van der Waals surface area contributed by atoms with Crippen molar-refractivity contribution in [2.24, 2.45) is 0 Å². The van der Waals surface area contributed by atoms with Crippen molar-refractivity contribution < 1.29 is 14.3 Å². The maximum absolute atomic E-state index is 12.7. The van der Waals surface area contributed by atoms with Crippen LogP contribution in [0, 0.1) is 0 Å². The molecule has 1 aromatic rings. The molecular weight excluding hydrogens is 280 g/mol. The number of rotatable bonds is 5. The zero-order valence-corrected chi connectivity index (χ0v) is 13.6. The molecule has 5 heteroatoms. The smallest absolute Gasteiger partial charge is 0.329 e. The molecule has 0 bridgehead atoms. The Kier molecular flexibility index (Phi) is 5.06. The van der Waals surface area contributed by atoms with E-state index >= 15 is 0 Å². The minimum absolute atomic E-state index is 0.0881. The molecule has 0 aromatic heterocycles. The lowest BCUT2D eigenvalue weighted by molar-refractivity contribution is -0.150. The lowest BCUT2D eigenvalue weighted by atomic mass is 10.0. The van der Waals surface area contributed by atoms with Gasteiger partial charge in [-0.3, -0.25) is 9.69 Å². The van der Waals surface area contributed by atoms with Gasteiger partial charge in [0, 0.05) is 0 Å². The number of fused-ring (bicyclic) bond motifs is 1. The molecule has 3 unspecified atom stereocenters. The second-order valence-corrected chi connectivity index (χ2v) is 5.66. The number of nitrogens with zero attached hydrogens (tertiary/aromatic N) is 1. The van der Waals surface area contributed by atoms with Crippen molar-refractivity contribution in [2.75, 3.05) is 10.2 Å². The van der Waals surface area contributed by atoms with Gasteiger partial charge in [-0.25, -0.2) is 4.79 Å². The Morgan fingerprint density at radius 3 is 2.64 bits per heavy atom. The first-order valence-electron chi connectivity index (χ1n) is 7.88. The molecule has 0 spiro atoms. The minimum Gasteiger partial charge on any atom is -0.461 e. The summed E-state index contributed by atoms with van der Waals surface area (Å²) in [6, 6.07) is 6.59. The summed E-state index contributed by atoms with van der Waals surface area (Å²) in [4.78, 5) is 26.6. The summed E-state index contributed by atoms with van der Waals surface area (Å²) < 4.78 is 5.39. The summed E-state index contributed by atoms with van der Waals surface area (Å²) in [5, 5.41) is 3.23. The van der Waals surface area contributed by atoms with Crippen molar-refractivity contribution in [1.29, 1.82) is 0 Å². The summed E-state index contributed by atoms with van der Waals surface area (Å²) in [6.45, 7) is 7.48. The average Bonchev–Trinajstić information content (AvgIpc) is 2.53. The number of esters is 1. The number of carbonyl (C=O) groups is 2. The SMILES string of the molecule is CCC(C)OC(=O)C(C)N1C(=O)C(CC)Nc2ccccc21. The second-order valence-electron chi connectivity index (χ2n) is 5.66. The standard InChI is InChI=1S/C17H24N2O3/c1-5-11(3)22-17(21)12(4)19-15-10-8-7-9-14(15)18-13(6-2)16(19)20/h7-13,18H,5-6H2,1-4H3. The van der Waals surface area contributed by atoms with Crippen molar-refractivity contribution >= 4 is 23.3 Å². The Labute approximate surface area is 131 Å². The van der Waals surface area contributed by atoms with Crippen molar-refractivity contribution in [3.8, 4) is 0 Å². The third-order valence-corrected chi connectivity index (χ3v) is 4.06. The van der Waals surface area contributed by atoms with Gasteiger partial charge >= 0.3 is 5.97 Å². The number of benzene rings is 1. The van der Waals surface area contributed by atoms with E-state index in [2.05, 4.69) is 5.32 Å². The van der Waals surface area contributed by atoms with Crippen molar-refractivity contribution in [1.82, 2.24) is 0 Å². The molecule has 0 fully saturated rings. The highest BCUT2D eigenvalue weighted by atomic mass is 16.5. The van der Waals surface area contributed by atoms with E-state index in [1.54, 1.807) is 11.8 Å². The fourth-order valence-corrected chi connectivity index (χ4v) is 2.50. The van der Waals surface area contributed by atoms with Crippen molar-refractivity contribution in [3.05, 3.63) is 24.3 Å². The van der Waals surface area contributed by atoms with Crippen molar-refractivity contribution in [3.63, 3.8) is 0 Å². The van der Waals surface area contributed by atoms with E-state index in [9.17, 15) is 9.59 Å². The fraction of sp³-hybridized carbons (Fsp3) is 0.529. The lowest BCUT2D eigenvalue weighted by Gasteiger charge is -2.37. The van der Waals surface area contributed by atoms with Gasteiger partial charge in [0.05, 0.1) is 17.5 Å². The van der Waals surface area contributed by atoms with Gasteiger partial charge in [0.25, 0.3) is 0 Å². The normalized spacial score (nSPS) is 19.9. The van der Waals surface area contributed by atoms with E-state index in [0.29, 0.717) is 6.42 Å². The topological polar surface area (TPSA) is 58.6 Å². The molecular formula is C17H24N2O3. The molecule has 1 amide bonds. The van der Waals surface area contributed by atoms with Gasteiger partial charge < -0.3 is 10.1 Å². The monoisotopic (exact) mass is 304 g/mol. The van der Waals surface area contributed by atoms with Crippen LogP contribution in [-0.2, 0) is 14.3 Å². The molecule has 0 saturated carbocycles. The number of amides is 1. The molecule has 3 atom stereocenters. The zero-order chi connectivity index (χ0) is 16.3. The fourth-order valence-electron chi connectivity index (χ4n) is 2.50. The van der Waals surface area contributed by atoms with Crippen molar-refractivity contribution in [2.45, 2.75) is 58.7 Å². The molecule has 120 valence electrons. The van der Waals surface area contributed by atoms with Crippen LogP contribution in [0.25, 0.3) is 0 Å². The number of para-hydroxylation sites is 2. The van der Waals surface area contributed by atoms with Crippen LogP contribution in [-0.4, -0.2) is 30.1 Å². The van der Waals surface area contributed by atoms with E-state index in [1.807, 2.05) is 45.0 Å². The van der Waals surface area contributed by atoms with Gasteiger partial charge in [-0.05, 0) is 38.8 Å². The highest BCUT2D eigenvalue weighted by molar-refractivity contribution is 6.08. The molecule has 5 nitrogen and oxygen atoms in total. The zero-order valence-electron chi connectivity index (χ0n) is 13.6. The number of hydrogen-bond donors (Lipinski definition) is 1. The summed E-state index contributed by atoms with van der Waals surface area (Å²) in [5.74, 6) is -0.455. The van der Waals surface area contributed by atoms with E-state index in [4.69, 9.17) is 4.74 Å². The molecule has 0 saturated heterocycles. The van der Waals surface area contributed by atoms with E-state index < -0.39 is 6.04 Å². The third-order valence-electron chi connectivity index (χ3n) is 4.06. The molecule has 0 radical (unpaired) electrons. The Bertz CT molecular complexity index is 559. The van der Waals surface area contributed by atoms with Gasteiger partial charge in [-0.15, -0.1) is 0 Å². The largest absolute Gasteiger partial charge is 0.461 e. The number of hydrogen-bond acceptors (Lipinski definition) is 4. The van der Waals surface area contributed by atoms with Crippen LogP contribution in [0.4, 0.5) is 11.4 Å². The quantitative estimate of drug-likeness (QED) is 0.850. The van der Waals surface area contributed by atoms with Gasteiger partial charge in [0.2, 0.25) is 5.91 Å². The molecule has 2 rings (SSSR count). The van der Waals surface area contributed by atoms with Gasteiger partial charge in [-0.1, -0.05) is 26.0 Å². The van der Waals surface area contributed by atoms with Crippen LogP contribution in [0.1, 0.15) is 40.5 Å². The maximum atomic E-state index is 12.7. The first-order valence-corrected chi connectivity index (χ1v) is 7.88. The van der Waals surface area contributed by atoms with Crippen LogP contribution in [0.15, 0.2) is 24.3 Å². The highest BCUT2D eigenvalue weighted by Crippen LogP contribution is 2.33. The van der Waals surface area contributed by atoms with Crippen LogP contribution >= 0.6 is 0 Å². The predicted octanol–water partition coefficient (Wildman–Crippen LogP) is 2.95. The van der Waals surface area contributed by atoms with E-state index in [0.717, 1.165) is 17.8 Å². The van der Waals surface area contributed by atoms with Crippen LogP contribution < -0.4 is 10.2 Å². The van der Waals surface area contributed by atoms with Crippen LogP contribution in [0.2, 0.25) is 0 Å². The average molecular weight is 304 g/mol. The summed E-state index contributed by atoms with van der Waals surface area (Å²) in [6.07, 6.45) is 1.27. The van der Waals surface area contributed by atoms with Gasteiger partial charge in [0.15, 0.2) is 0 Å². The maximum Gasteiger partial charge on any atom is 0.329 e. The van der Waals surface area contributed by atoms with E-state index in [1.165, 1.54) is 0 Å². The summed E-state index contributed by atoms with van der Waals surface area (Å²) >= 11 is 0. The number of anilines is 2. The lowest BCUT2D eigenvalue weighted by Crippen LogP contribution is -2.53. The highest BCUT2D eigenvalue weighted by Gasteiger charge is 2.37. The Balaban J connectivity index is 2.31. The van der Waals surface area contributed by atoms with Gasteiger partial charge in [0.1, 0.15) is 12.1 Å². The van der Waals surface area contributed by atoms with Crippen LogP contribution in [0.3, 0.4) is 0 Å². The molecule has 1 aromatic carbocycles. The minimum atomic E-state index is -0.640. The van der Waals surface area contributed by atoms with E-state index in [-0.39, 0.29) is 24.0 Å². The Morgan fingerprint density at radius 1 is 1.32 bits per heavy atom. The second kappa shape index (κ2) is 6.81. The Hall–Kier alpha value is -2.04. The third kappa shape index (κ3) is 3.08. The first kappa shape index (κ1) is 16.3. The predicted molar refractivity (Wildman–Crippen MR) is 86.9 cm³/mol. The molecule has 1 heterocycles. The molecule has 1 aliphatic rings. The van der Waals surface area contributed by atoms with Gasteiger partial charge in [-0.2, -0.15) is 0 Å². The summed E-state index contributed by atoms with van der Waals surface area (Å²) in [5.41, 5.74) is 1.60. The molecule has 22 heavy (non-hydrogen) atoms. The first-order chi connectivity index (χ1) is 10.5. The molecule has 1 N–H and O–H groups in total. The van der Waals surface area contributed by atoms with Crippen LogP contribution in [0.5, 0.6) is 0 Å². The molecule has 0 aliphatic carbocycles. The number of carbonyl (C=O) groups excluding carboxylic acids is 2. The number of ether oxygens (including phenoxy) is 1. The number of nitrogens with one attached hydrogen (secondary N) is 1. The molecule has 1 aliphatic heterocycles. The Morgan fingerprint density at radius 2 is 2.00 bits per heavy atom. The summed E-state index contributed by atoms with van der Waals surface area (Å²) in [7, 11) is 0.